The molecular formula is C14H11F2N5OS. The van der Waals surface area contributed by atoms with Gasteiger partial charge in [-0.2, -0.15) is 8.78 Å². The molecule has 0 fully saturated rings. The molecule has 0 bridgehead atoms. The van der Waals surface area contributed by atoms with E-state index >= 15 is 0 Å². The van der Waals surface area contributed by atoms with Crippen LogP contribution in [0.4, 0.5) is 8.78 Å². The SMILES string of the molecule is O=C(NCc1nnc2ccccn12)c1cccnc1SC(F)F. The first-order valence-electron chi connectivity index (χ1n) is 6.62. The average Bonchev–Trinajstić information content (AvgIpc) is 2.96. The molecule has 0 saturated carbocycles. The number of hydrogen-bond acceptors (Lipinski definition) is 5. The average molecular weight is 335 g/mol. The maximum atomic E-state index is 12.5. The summed E-state index contributed by atoms with van der Waals surface area (Å²) in [5.41, 5.74) is 0.763. The normalized spacial score (nSPS) is 11.1. The number of thioether (sulfide) groups is 1. The fraction of sp³-hybridized carbons (Fsp3) is 0.143. The van der Waals surface area contributed by atoms with Gasteiger partial charge in [-0.15, -0.1) is 10.2 Å². The molecule has 118 valence electrons. The van der Waals surface area contributed by atoms with Crippen molar-refractivity contribution in [3.05, 3.63) is 54.1 Å². The minimum atomic E-state index is -2.64. The Bertz CT molecular complexity index is 839. The molecule has 0 aliphatic rings. The lowest BCUT2D eigenvalue weighted by Crippen LogP contribution is -2.24. The van der Waals surface area contributed by atoms with Gasteiger partial charge in [0.25, 0.3) is 11.7 Å². The van der Waals surface area contributed by atoms with Gasteiger partial charge in [0.2, 0.25) is 0 Å². The van der Waals surface area contributed by atoms with E-state index in [2.05, 4.69) is 20.5 Å². The summed E-state index contributed by atoms with van der Waals surface area (Å²) in [6.07, 6.45) is 3.15. The van der Waals surface area contributed by atoms with Crippen molar-refractivity contribution in [3.63, 3.8) is 0 Å². The predicted molar refractivity (Wildman–Crippen MR) is 80.3 cm³/mol. The lowest BCUT2D eigenvalue weighted by molar-refractivity contribution is 0.0946. The van der Waals surface area contributed by atoms with Gasteiger partial charge in [0, 0.05) is 12.4 Å². The number of pyridine rings is 2. The second kappa shape index (κ2) is 6.69. The molecule has 0 unspecified atom stereocenters. The molecular weight excluding hydrogens is 324 g/mol. The van der Waals surface area contributed by atoms with Crippen molar-refractivity contribution in [3.8, 4) is 0 Å². The molecule has 3 rings (SSSR count). The summed E-state index contributed by atoms with van der Waals surface area (Å²) < 4.78 is 26.8. The number of alkyl halides is 2. The highest BCUT2D eigenvalue weighted by Gasteiger charge is 2.17. The quantitative estimate of drug-likeness (QED) is 0.725. The van der Waals surface area contributed by atoms with Crippen LogP contribution in [0.5, 0.6) is 0 Å². The van der Waals surface area contributed by atoms with E-state index in [1.807, 2.05) is 12.1 Å². The molecule has 3 heterocycles. The molecule has 0 atom stereocenters. The van der Waals surface area contributed by atoms with E-state index in [0.29, 0.717) is 11.5 Å². The number of fused-ring (bicyclic) bond motifs is 1. The van der Waals surface area contributed by atoms with Crippen LogP contribution in [0.25, 0.3) is 5.65 Å². The maximum Gasteiger partial charge on any atom is 0.290 e. The fourth-order valence-corrected chi connectivity index (χ4v) is 2.59. The summed E-state index contributed by atoms with van der Waals surface area (Å²) >= 11 is 0.241. The summed E-state index contributed by atoms with van der Waals surface area (Å²) in [6, 6.07) is 8.42. The minimum absolute atomic E-state index is 0.00824. The molecule has 1 amide bonds. The van der Waals surface area contributed by atoms with Crippen LogP contribution >= 0.6 is 11.8 Å². The first-order chi connectivity index (χ1) is 11.1. The molecule has 0 spiro atoms. The highest BCUT2D eigenvalue weighted by atomic mass is 32.2. The Morgan fingerprint density at radius 2 is 2.13 bits per heavy atom. The van der Waals surface area contributed by atoms with E-state index in [4.69, 9.17) is 0 Å². The summed E-state index contributed by atoms with van der Waals surface area (Å²) in [5.74, 6) is -2.59. The predicted octanol–water partition coefficient (Wildman–Crippen LogP) is 2.37. The van der Waals surface area contributed by atoms with Gasteiger partial charge in [-0.25, -0.2) is 4.98 Å². The Kier molecular flexibility index (Phi) is 4.47. The fourth-order valence-electron chi connectivity index (χ4n) is 2.01. The zero-order valence-corrected chi connectivity index (χ0v) is 12.5. The number of amides is 1. The van der Waals surface area contributed by atoms with Crippen molar-refractivity contribution in [1.82, 2.24) is 24.9 Å². The number of carbonyl (C=O) groups excluding carboxylic acids is 1. The highest BCUT2D eigenvalue weighted by molar-refractivity contribution is 7.99. The molecule has 0 saturated heterocycles. The molecule has 23 heavy (non-hydrogen) atoms. The smallest absolute Gasteiger partial charge is 0.290 e. The standard InChI is InChI=1S/C14H11F2N5OS/c15-14(16)23-13-9(4-3-6-17-13)12(22)18-8-11-20-19-10-5-1-2-7-21(10)11/h1-7,14H,8H2,(H,18,22). The van der Waals surface area contributed by atoms with Gasteiger partial charge in [0.15, 0.2) is 11.5 Å². The molecule has 6 nitrogen and oxygen atoms in total. The number of aromatic nitrogens is 4. The summed E-state index contributed by atoms with van der Waals surface area (Å²) in [7, 11) is 0. The molecule has 3 aromatic rings. The number of rotatable bonds is 5. The van der Waals surface area contributed by atoms with Crippen molar-refractivity contribution in [2.75, 3.05) is 0 Å². The number of nitrogens with one attached hydrogen (secondary N) is 1. The van der Waals surface area contributed by atoms with E-state index < -0.39 is 11.7 Å². The van der Waals surface area contributed by atoms with Crippen LogP contribution in [-0.2, 0) is 6.54 Å². The van der Waals surface area contributed by atoms with Gasteiger partial charge in [0.05, 0.1) is 12.1 Å². The summed E-state index contributed by atoms with van der Waals surface area (Å²) in [5, 5.41) is 10.6. The molecule has 0 radical (unpaired) electrons. The van der Waals surface area contributed by atoms with Crippen LogP contribution in [-0.4, -0.2) is 31.2 Å². The lowest BCUT2D eigenvalue weighted by Gasteiger charge is -2.08. The van der Waals surface area contributed by atoms with Crippen LogP contribution in [0.2, 0.25) is 0 Å². The van der Waals surface area contributed by atoms with E-state index in [1.165, 1.54) is 18.3 Å². The highest BCUT2D eigenvalue weighted by Crippen LogP contribution is 2.26. The van der Waals surface area contributed by atoms with E-state index in [-0.39, 0.29) is 28.9 Å². The Morgan fingerprint density at radius 3 is 2.96 bits per heavy atom. The van der Waals surface area contributed by atoms with Gasteiger partial charge in [-0.05, 0) is 36.0 Å². The Hall–Kier alpha value is -2.55. The lowest BCUT2D eigenvalue weighted by atomic mass is 10.2. The zero-order chi connectivity index (χ0) is 16.2. The van der Waals surface area contributed by atoms with Gasteiger partial charge in [-0.3, -0.25) is 9.20 Å². The monoisotopic (exact) mass is 335 g/mol. The summed E-state index contributed by atoms with van der Waals surface area (Å²) in [4.78, 5) is 16.0. The van der Waals surface area contributed by atoms with Crippen molar-refractivity contribution >= 4 is 23.3 Å². The Balaban J connectivity index is 1.75. The third-order valence-electron chi connectivity index (χ3n) is 3.01. The topological polar surface area (TPSA) is 72.2 Å². The second-order valence-electron chi connectivity index (χ2n) is 4.46. The molecule has 0 aliphatic heterocycles. The maximum absolute atomic E-state index is 12.5. The van der Waals surface area contributed by atoms with Crippen LogP contribution in [0.3, 0.4) is 0 Å². The molecule has 0 aromatic carbocycles. The van der Waals surface area contributed by atoms with Crippen molar-refractivity contribution in [2.24, 2.45) is 0 Å². The third-order valence-corrected chi connectivity index (χ3v) is 3.73. The van der Waals surface area contributed by atoms with Crippen molar-refractivity contribution in [1.29, 1.82) is 0 Å². The molecule has 3 aromatic heterocycles. The molecule has 0 aliphatic carbocycles. The van der Waals surface area contributed by atoms with Crippen molar-refractivity contribution in [2.45, 2.75) is 17.3 Å². The Labute approximate surface area is 133 Å². The first-order valence-corrected chi connectivity index (χ1v) is 7.50. The largest absolute Gasteiger partial charge is 0.345 e. The number of nitrogens with zero attached hydrogens (tertiary/aromatic N) is 4. The Morgan fingerprint density at radius 1 is 1.26 bits per heavy atom. The number of carbonyl (C=O) groups is 1. The zero-order valence-electron chi connectivity index (χ0n) is 11.7. The summed E-state index contributed by atoms with van der Waals surface area (Å²) in [6.45, 7) is 0.123. The minimum Gasteiger partial charge on any atom is -0.345 e. The van der Waals surface area contributed by atoms with E-state index in [1.54, 1.807) is 16.7 Å². The van der Waals surface area contributed by atoms with E-state index in [0.717, 1.165) is 0 Å². The van der Waals surface area contributed by atoms with Crippen LogP contribution in [0.15, 0.2) is 47.8 Å². The first kappa shape index (κ1) is 15.3. The van der Waals surface area contributed by atoms with Gasteiger partial charge < -0.3 is 5.32 Å². The van der Waals surface area contributed by atoms with E-state index in [9.17, 15) is 13.6 Å². The van der Waals surface area contributed by atoms with Crippen LogP contribution in [0, 0.1) is 0 Å². The van der Waals surface area contributed by atoms with Crippen LogP contribution < -0.4 is 5.32 Å². The van der Waals surface area contributed by atoms with Gasteiger partial charge in [-0.1, -0.05) is 6.07 Å². The van der Waals surface area contributed by atoms with Gasteiger partial charge >= 0.3 is 0 Å². The number of halogens is 2. The van der Waals surface area contributed by atoms with Crippen LogP contribution in [0.1, 0.15) is 16.2 Å². The molecule has 1 N–H and O–H groups in total. The van der Waals surface area contributed by atoms with Gasteiger partial charge in [0.1, 0.15) is 5.03 Å². The number of hydrogen-bond donors (Lipinski definition) is 1. The second-order valence-corrected chi connectivity index (χ2v) is 5.44. The molecule has 9 heteroatoms. The third kappa shape index (κ3) is 3.45. The van der Waals surface area contributed by atoms with Crippen molar-refractivity contribution < 1.29 is 13.6 Å².